The molecule has 0 bridgehead atoms. The van der Waals surface area contributed by atoms with Crippen LogP contribution in [0.4, 0.5) is 5.69 Å². The highest BCUT2D eigenvalue weighted by Crippen LogP contribution is 2.10. The molecule has 0 aliphatic heterocycles. The highest BCUT2D eigenvalue weighted by Gasteiger charge is 2.01. The minimum absolute atomic E-state index is 0.0991. The van der Waals surface area contributed by atoms with Gasteiger partial charge < -0.3 is 0 Å². The Bertz CT molecular complexity index is 357. The molecule has 0 aliphatic carbocycles. The molecule has 0 heterocycles. The first-order valence-electron chi connectivity index (χ1n) is 3.97. The second-order valence-electron chi connectivity index (χ2n) is 2.46. The van der Waals surface area contributed by atoms with Crippen LogP contribution in [0, 0.1) is 22.0 Å². The molecule has 0 saturated heterocycles. The first-order chi connectivity index (χ1) is 6.24. The van der Waals surface area contributed by atoms with E-state index >= 15 is 0 Å². The summed E-state index contributed by atoms with van der Waals surface area (Å²) < 4.78 is 0. The minimum atomic E-state index is -0.420. The summed E-state index contributed by atoms with van der Waals surface area (Å²) >= 11 is 0. The van der Waals surface area contributed by atoms with E-state index in [2.05, 4.69) is 11.8 Å². The predicted octanol–water partition coefficient (Wildman–Crippen LogP) is 2.36. The standard InChI is InChI=1S/C10H9NO2/c1-2-3-4-9-5-7-10(8-6-9)11(12)13/h5-8H,2H2,1H3. The monoisotopic (exact) mass is 175 g/mol. The summed E-state index contributed by atoms with van der Waals surface area (Å²) in [5.41, 5.74) is 0.912. The van der Waals surface area contributed by atoms with Gasteiger partial charge in [0.2, 0.25) is 0 Å². The molecule has 0 aliphatic rings. The lowest BCUT2D eigenvalue weighted by Crippen LogP contribution is -1.86. The highest BCUT2D eigenvalue weighted by molar-refractivity contribution is 5.40. The smallest absolute Gasteiger partial charge is 0.258 e. The first kappa shape index (κ1) is 9.27. The van der Waals surface area contributed by atoms with Crippen LogP contribution in [0.15, 0.2) is 24.3 Å². The number of nitrogens with zero attached hydrogens (tertiary/aromatic N) is 1. The molecule has 0 aromatic heterocycles. The molecule has 0 amide bonds. The van der Waals surface area contributed by atoms with Crippen LogP contribution >= 0.6 is 0 Å². The van der Waals surface area contributed by atoms with Crippen LogP contribution in [0.2, 0.25) is 0 Å². The molecule has 1 aromatic rings. The average molecular weight is 175 g/mol. The van der Waals surface area contributed by atoms with Gasteiger partial charge in [-0.3, -0.25) is 10.1 Å². The van der Waals surface area contributed by atoms with E-state index in [0.29, 0.717) is 0 Å². The van der Waals surface area contributed by atoms with E-state index in [0.717, 1.165) is 12.0 Å². The lowest BCUT2D eigenvalue weighted by molar-refractivity contribution is -0.384. The molecule has 3 heteroatoms. The molecule has 0 saturated carbocycles. The maximum Gasteiger partial charge on any atom is 0.269 e. The normalized spacial score (nSPS) is 8.69. The number of hydrogen-bond acceptors (Lipinski definition) is 2. The van der Waals surface area contributed by atoms with E-state index < -0.39 is 4.92 Å². The van der Waals surface area contributed by atoms with Crippen LogP contribution in [-0.4, -0.2) is 4.92 Å². The molecule has 0 fully saturated rings. The van der Waals surface area contributed by atoms with E-state index in [-0.39, 0.29) is 5.69 Å². The van der Waals surface area contributed by atoms with Gasteiger partial charge in [-0.1, -0.05) is 18.8 Å². The lowest BCUT2D eigenvalue weighted by Gasteiger charge is -1.90. The zero-order valence-corrected chi connectivity index (χ0v) is 7.28. The molecule has 13 heavy (non-hydrogen) atoms. The van der Waals surface area contributed by atoms with Gasteiger partial charge in [0.1, 0.15) is 0 Å². The van der Waals surface area contributed by atoms with Crippen LogP contribution in [0.25, 0.3) is 0 Å². The van der Waals surface area contributed by atoms with E-state index in [1.165, 1.54) is 12.1 Å². The summed E-state index contributed by atoms with van der Waals surface area (Å²) in [4.78, 5) is 9.88. The molecule has 0 unspecified atom stereocenters. The average Bonchev–Trinajstić information content (AvgIpc) is 2.15. The molecule has 0 N–H and O–H groups in total. The topological polar surface area (TPSA) is 43.1 Å². The Morgan fingerprint density at radius 1 is 1.38 bits per heavy atom. The molecule has 0 spiro atoms. The van der Waals surface area contributed by atoms with Crippen molar-refractivity contribution in [1.29, 1.82) is 0 Å². The fourth-order valence-electron chi connectivity index (χ4n) is 0.857. The van der Waals surface area contributed by atoms with Crippen LogP contribution in [0.3, 0.4) is 0 Å². The Balaban J connectivity index is 2.87. The molecule has 1 aromatic carbocycles. The second kappa shape index (κ2) is 4.27. The number of hydrogen-bond donors (Lipinski definition) is 0. The summed E-state index contributed by atoms with van der Waals surface area (Å²) in [5, 5.41) is 10.3. The second-order valence-corrected chi connectivity index (χ2v) is 2.46. The summed E-state index contributed by atoms with van der Waals surface area (Å²) in [6, 6.07) is 6.22. The Hall–Kier alpha value is -1.82. The van der Waals surface area contributed by atoms with Crippen molar-refractivity contribution in [3.8, 4) is 11.8 Å². The molecule has 3 nitrogen and oxygen atoms in total. The largest absolute Gasteiger partial charge is 0.269 e. The maximum atomic E-state index is 10.3. The lowest BCUT2D eigenvalue weighted by atomic mass is 10.2. The fourth-order valence-corrected chi connectivity index (χ4v) is 0.857. The third-order valence-electron chi connectivity index (χ3n) is 1.49. The van der Waals surface area contributed by atoms with Crippen molar-refractivity contribution in [1.82, 2.24) is 0 Å². The maximum absolute atomic E-state index is 10.3. The van der Waals surface area contributed by atoms with Crippen LogP contribution in [0.5, 0.6) is 0 Å². The zero-order valence-electron chi connectivity index (χ0n) is 7.28. The number of non-ortho nitro benzene ring substituents is 1. The van der Waals surface area contributed by atoms with Gasteiger partial charge in [-0.2, -0.15) is 0 Å². The van der Waals surface area contributed by atoms with Gasteiger partial charge in [0.05, 0.1) is 4.92 Å². The van der Waals surface area contributed by atoms with Crippen molar-refractivity contribution in [3.05, 3.63) is 39.9 Å². The van der Waals surface area contributed by atoms with Crippen molar-refractivity contribution in [2.75, 3.05) is 0 Å². The number of rotatable bonds is 1. The number of benzene rings is 1. The Kier molecular flexibility index (Phi) is 3.04. The van der Waals surface area contributed by atoms with Gasteiger partial charge in [0.25, 0.3) is 5.69 Å². The van der Waals surface area contributed by atoms with Gasteiger partial charge in [-0.25, -0.2) is 0 Å². The number of nitro groups is 1. The Morgan fingerprint density at radius 2 is 2.00 bits per heavy atom. The third kappa shape index (κ3) is 2.60. The SMILES string of the molecule is CCC#Cc1ccc([N+](=O)[O-])cc1. The number of nitro benzene ring substituents is 1. The minimum Gasteiger partial charge on any atom is -0.258 e. The molecular weight excluding hydrogens is 166 g/mol. The van der Waals surface area contributed by atoms with Crippen molar-refractivity contribution in [3.63, 3.8) is 0 Å². The Morgan fingerprint density at radius 3 is 2.46 bits per heavy atom. The van der Waals surface area contributed by atoms with Gasteiger partial charge in [0.15, 0.2) is 0 Å². The molecule has 0 radical (unpaired) electrons. The van der Waals surface area contributed by atoms with Gasteiger partial charge >= 0.3 is 0 Å². The zero-order chi connectivity index (χ0) is 9.68. The highest BCUT2D eigenvalue weighted by atomic mass is 16.6. The summed E-state index contributed by atoms with van der Waals surface area (Å²) in [5.74, 6) is 5.78. The first-order valence-corrected chi connectivity index (χ1v) is 3.97. The van der Waals surface area contributed by atoms with E-state index in [9.17, 15) is 10.1 Å². The molecular formula is C10H9NO2. The Labute approximate surface area is 76.5 Å². The summed E-state index contributed by atoms with van der Waals surface area (Å²) in [6.07, 6.45) is 0.789. The van der Waals surface area contributed by atoms with Gasteiger partial charge in [0, 0.05) is 24.1 Å². The van der Waals surface area contributed by atoms with Crippen molar-refractivity contribution < 1.29 is 4.92 Å². The quantitative estimate of drug-likeness (QED) is 0.373. The fraction of sp³-hybridized carbons (Fsp3) is 0.200. The van der Waals surface area contributed by atoms with Crippen molar-refractivity contribution in [2.24, 2.45) is 0 Å². The van der Waals surface area contributed by atoms with Crippen molar-refractivity contribution >= 4 is 5.69 Å². The van der Waals surface area contributed by atoms with Crippen LogP contribution in [-0.2, 0) is 0 Å². The molecule has 0 atom stereocenters. The van der Waals surface area contributed by atoms with Gasteiger partial charge in [-0.05, 0) is 12.1 Å². The van der Waals surface area contributed by atoms with E-state index in [1.54, 1.807) is 12.1 Å². The molecule has 66 valence electrons. The molecule has 1 rings (SSSR count). The summed E-state index contributed by atoms with van der Waals surface area (Å²) in [6.45, 7) is 1.96. The third-order valence-corrected chi connectivity index (χ3v) is 1.49. The van der Waals surface area contributed by atoms with E-state index in [4.69, 9.17) is 0 Å². The van der Waals surface area contributed by atoms with Crippen LogP contribution < -0.4 is 0 Å². The van der Waals surface area contributed by atoms with Crippen molar-refractivity contribution in [2.45, 2.75) is 13.3 Å². The van der Waals surface area contributed by atoms with Gasteiger partial charge in [-0.15, -0.1) is 0 Å². The summed E-state index contributed by atoms with van der Waals surface area (Å²) in [7, 11) is 0. The predicted molar refractivity (Wildman–Crippen MR) is 50.3 cm³/mol. The van der Waals surface area contributed by atoms with E-state index in [1.807, 2.05) is 6.92 Å². The van der Waals surface area contributed by atoms with Crippen LogP contribution in [0.1, 0.15) is 18.9 Å².